The number of aromatic nitrogens is 3. The van der Waals surface area contributed by atoms with E-state index in [1.54, 1.807) is 0 Å². The normalized spacial score (nSPS) is 11.8. The van der Waals surface area contributed by atoms with Crippen molar-refractivity contribution in [3.05, 3.63) is 114 Å². The van der Waals surface area contributed by atoms with E-state index in [0.717, 1.165) is 34.7 Å². The van der Waals surface area contributed by atoms with Crippen LogP contribution < -0.4 is 0 Å². The molecule has 3 heterocycles. The van der Waals surface area contributed by atoms with Crippen molar-refractivity contribution in [1.82, 2.24) is 14.5 Å². The zero-order valence-electron chi connectivity index (χ0n) is 19.5. The number of hydrogen-bond donors (Lipinski definition) is 0. The molecule has 34 heavy (non-hydrogen) atoms. The standard InChI is InChI=1S/C17H13N2.C13H12N.Ir/c1-12-10-11-19-16-14(12)8-5-9-15(16)18-17(19)13-6-3-2-4-7-13;1-10-3-6-12(7-4-10)13-8-5-11(2)9-14-13;/h2-6,8-10H,11H2,1H3;3-6,8-9H,1-2H3;/q2*-1;. The first kappa shape index (κ1) is 23.8. The van der Waals surface area contributed by atoms with Gasteiger partial charge in [0, 0.05) is 38.4 Å². The minimum atomic E-state index is 0. The molecule has 0 fully saturated rings. The predicted octanol–water partition coefficient (Wildman–Crippen LogP) is 7.08. The van der Waals surface area contributed by atoms with Crippen LogP contribution in [0.1, 0.15) is 23.6 Å². The van der Waals surface area contributed by atoms with E-state index in [0.29, 0.717) is 0 Å². The van der Waals surface area contributed by atoms with Gasteiger partial charge in [-0.05, 0) is 36.7 Å². The molecule has 0 atom stereocenters. The Bertz CT molecular complexity index is 1390. The third kappa shape index (κ3) is 4.79. The van der Waals surface area contributed by atoms with Gasteiger partial charge in [-0.15, -0.1) is 71.3 Å². The molecule has 3 aromatic carbocycles. The third-order valence-corrected chi connectivity index (χ3v) is 5.88. The average Bonchev–Trinajstić information content (AvgIpc) is 3.23. The van der Waals surface area contributed by atoms with E-state index in [4.69, 9.17) is 4.98 Å². The first-order chi connectivity index (χ1) is 16.1. The number of allylic oxidation sites excluding steroid dienone is 2. The van der Waals surface area contributed by atoms with Gasteiger partial charge in [0.15, 0.2) is 0 Å². The van der Waals surface area contributed by atoms with Crippen LogP contribution in [0.5, 0.6) is 0 Å². The minimum absolute atomic E-state index is 0. The molecular formula is C30H25IrN3-2. The molecule has 1 radical (unpaired) electrons. The summed E-state index contributed by atoms with van der Waals surface area (Å²) in [5.41, 5.74) is 10.4. The van der Waals surface area contributed by atoms with Crippen molar-refractivity contribution in [2.45, 2.75) is 27.3 Å². The second-order valence-corrected chi connectivity index (χ2v) is 8.38. The number of nitrogens with zero attached hydrogens (tertiary/aromatic N) is 3. The molecule has 4 heteroatoms. The van der Waals surface area contributed by atoms with Gasteiger partial charge in [-0.25, -0.2) is 0 Å². The summed E-state index contributed by atoms with van der Waals surface area (Å²) in [4.78, 5) is 9.13. The molecule has 6 rings (SSSR count). The van der Waals surface area contributed by atoms with Crippen LogP contribution in [0.25, 0.3) is 39.3 Å². The monoisotopic (exact) mass is 620 g/mol. The first-order valence-corrected chi connectivity index (χ1v) is 11.1. The van der Waals surface area contributed by atoms with Gasteiger partial charge in [0.1, 0.15) is 0 Å². The molecule has 5 aromatic rings. The van der Waals surface area contributed by atoms with Crippen LogP contribution in [0.3, 0.4) is 0 Å². The van der Waals surface area contributed by atoms with Crippen molar-refractivity contribution in [3.63, 3.8) is 0 Å². The van der Waals surface area contributed by atoms with Gasteiger partial charge < -0.3 is 9.55 Å². The molecule has 0 aliphatic carbocycles. The maximum Gasteiger partial charge on any atom is 0.0777 e. The Morgan fingerprint density at radius 3 is 2.38 bits per heavy atom. The van der Waals surface area contributed by atoms with Crippen LogP contribution in [0.15, 0.2) is 85.1 Å². The molecule has 0 unspecified atom stereocenters. The maximum absolute atomic E-state index is 4.79. The smallest absolute Gasteiger partial charge is 0.0777 e. The van der Waals surface area contributed by atoms with Crippen molar-refractivity contribution in [1.29, 1.82) is 0 Å². The molecule has 0 bridgehead atoms. The number of rotatable bonds is 2. The molecule has 0 spiro atoms. The van der Waals surface area contributed by atoms with Gasteiger partial charge in [-0.1, -0.05) is 37.3 Å². The van der Waals surface area contributed by atoms with E-state index in [1.165, 1.54) is 27.8 Å². The zero-order valence-corrected chi connectivity index (χ0v) is 21.9. The number of benzene rings is 3. The number of para-hydroxylation sites is 1. The van der Waals surface area contributed by atoms with E-state index >= 15 is 0 Å². The van der Waals surface area contributed by atoms with Crippen LogP contribution in [0.4, 0.5) is 0 Å². The van der Waals surface area contributed by atoms with Crippen LogP contribution in [0.2, 0.25) is 0 Å². The third-order valence-electron chi connectivity index (χ3n) is 5.88. The fraction of sp³-hybridized carbons (Fsp3) is 0.133. The fourth-order valence-electron chi connectivity index (χ4n) is 4.05. The van der Waals surface area contributed by atoms with Gasteiger partial charge >= 0.3 is 0 Å². The van der Waals surface area contributed by atoms with Gasteiger partial charge in [-0.3, -0.25) is 4.98 Å². The van der Waals surface area contributed by atoms with Gasteiger partial charge in [0.05, 0.1) is 16.9 Å². The van der Waals surface area contributed by atoms with Crippen molar-refractivity contribution in [3.8, 4) is 22.6 Å². The second kappa shape index (κ2) is 10.3. The summed E-state index contributed by atoms with van der Waals surface area (Å²) in [6, 6.07) is 31.0. The Hall–Kier alpha value is -3.33. The SMILES string of the molecule is CC1=CCn2c(-c3[c-]cccc3)nc3cccc1c32.Cc1c[c-]c(-c2ccc(C)cn2)cc1.[Ir]. The minimum Gasteiger partial charge on any atom is -0.360 e. The number of hydrogen-bond acceptors (Lipinski definition) is 2. The summed E-state index contributed by atoms with van der Waals surface area (Å²) in [6.45, 7) is 7.15. The zero-order chi connectivity index (χ0) is 22.8. The summed E-state index contributed by atoms with van der Waals surface area (Å²) >= 11 is 0. The maximum atomic E-state index is 4.79. The molecule has 1 aliphatic heterocycles. The van der Waals surface area contributed by atoms with E-state index < -0.39 is 0 Å². The summed E-state index contributed by atoms with van der Waals surface area (Å²) in [6.07, 6.45) is 4.14. The van der Waals surface area contributed by atoms with Crippen molar-refractivity contribution < 1.29 is 20.1 Å². The molecule has 171 valence electrons. The van der Waals surface area contributed by atoms with Crippen LogP contribution in [-0.4, -0.2) is 14.5 Å². The molecule has 0 saturated heterocycles. The molecular weight excluding hydrogens is 595 g/mol. The van der Waals surface area contributed by atoms with Crippen molar-refractivity contribution in [2.24, 2.45) is 0 Å². The second-order valence-electron chi connectivity index (χ2n) is 8.38. The Labute approximate surface area is 214 Å². The molecule has 2 aromatic heterocycles. The van der Waals surface area contributed by atoms with Crippen LogP contribution in [0, 0.1) is 26.0 Å². The summed E-state index contributed by atoms with van der Waals surface area (Å²) in [5, 5.41) is 0. The Morgan fingerprint density at radius 1 is 0.824 bits per heavy atom. The van der Waals surface area contributed by atoms with Gasteiger partial charge in [0.2, 0.25) is 0 Å². The number of aryl methyl sites for hydroxylation is 2. The summed E-state index contributed by atoms with van der Waals surface area (Å²) in [7, 11) is 0. The fourth-order valence-corrected chi connectivity index (χ4v) is 4.05. The Balaban J connectivity index is 0.000000164. The van der Waals surface area contributed by atoms with Crippen LogP contribution >= 0.6 is 0 Å². The van der Waals surface area contributed by atoms with Gasteiger partial charge in [0.25, 0.3) is 0 Å². The topological polar surface area (TPSA) is 30.7 Å². The molecule has 0 amide bonds. The van der Waals surface area contributed by atoms with E-state index in [1.807, 2.05) is 49.5 Å². The number of imidazole rings is 1. The van der Waals surface area contributed by atoms with E-state index in [2.05, 4.69) is 78.0 Å². The van der Waals surface area contributed by atoms with E-state index in [9.17, 15) is 0 Å². The van der Waals surface area contributed by atoms with Crippen molar-refractivity contribution in [2.75, 3.05) is 0 Å². The Morgan fingerprint density at radius 2 is 1.68 bits per heavy atom. The summed E-state index contributed by atoms with van der Waals surface area (Å²) in [5.74, 6) is 1.01. The predicted molar refractivity (Wildman–Crippen MR) is 136 cm³/mol. The Kier molecular flexibility index (Phi) is 7.21. The summed E-state index contributed by atoms with van der Waals surface area (Å²) < 4.78 is 2.28. The van der Waals surface area contributed by atoms with Gasteiger partial charge in [-0.2, -0.15) is 0 Å². The van der Waals surface area contributed by atoms with E-state index in [-0.39, 0.29) is 20.1 Å². The number of pyridine rings is 1. The molecule has 0 N–H and O–H groups in total. The van der Waals surface area contributed by atoms with Crippen LogP contribution in [-0.2, 0) is 26.7 Å². The first-order valence-electron chi connectivity index (χ1n) is 11.1. The molecule has 1 aliphatic rings. The average molecular weight is 620 g/mol. The molecule has 3 nitrogen and oxygen atoms in total. The largest absolute Gasteiger partial charge is 0.360 e. The van der Waals surface area contributed by atoms with Crippen molar-refractivity contribution >= 4 is 16.6 Å². The molecule has 0 saturated carbocycles. The quantitative estimate of drug-likeness (QED) is 0.198.